The molecule has 1 heterocycles. The number of nitrogens with two attached hydrogens (primary N) is 1. The van der Waals surface area contributed by atoms with Crippen molar-refractivity contribution in [2.75, 3.05) is 13.6 Å². The van der Waals surface area contributed by atoms with Gasteiger partial charge in [-0.25, -0.2) is 0 Å². The zero-order chi connectivity index (χ0) is 15.3. The third-order valence-corrected chi connectivity index (χ3v) is 6.40. The van der Waals surface area contributed by atoms with Crippen molar-refractivity contribution in [3.05, 3.63) is 21.3 Å². The third kappa shape index (κ3) is 4.44. The first-order chi connectivity index (χ1) is 10.1. The Morgan fingerprint density at radius 3 is 2.81 bits per heavy atom. The van der Waals surface area contributed by atoms with Crippen LogP contribution in [0.15, 0.2) is 12.1 Å². The van der Waals surface area contributed by atoms with Gasteiger partial charge in [0.2, 0.25) is 0 Å². The molecule has 2 atom stereocenters. The summed E-state index contributed by atoms with van der Waals surface area (Å²) in [5.74, 6) is 0.910. The number of likely N-dealkylation sites (N-methyl/N-ethyl adjacent to an activating group) is 1. The van der Waals surface area contributed by atoms with Crippen LogP contribution in [0.1, 0.15) is 56.7 Å². The monoisotopic (exact) mass is 328 g/mol. The quantitative estimate of drug-likeness (QED) is 0.752. The second-order valence-corrected chi connectivity index (χ2v) is 8.38. The molecule has 120 valence electrons. The van der Waals surface area contributed by atoms with Crippen molar-refractivity contribution in [3.8, 4) is 0 Å². The summed E-state index contributed by atoms with van der Waals surface area (Å²) in [6.07, 6.45) is 9.20. The van der Waals surface area contributed by atoms with Crippen molar-refractivity contribution >= 4 is 22.9 Å². The van der Waals surface area contributed by atoms with Crippen LogP contribution in [-0.4, -0.2) is 24.0 Å². The lowest BCUT2D eigenvalue weighted by atomic mass is 9.87. The van der Waals surface area contributed by atoms with Gasteiger partial charge in [0.05, 0.1) is 4.34 Å². The highest BCUT2D eigenvalue weighted by Gasteiger charge is 2.35. The van der Waals surface area contributed by atoms with Gasteiger partial charge in [0.25, 0.3) is 0 Å². The van der Waals surface area contributed by atoms with Gasteiger partial charge in [0, 0.05) is 23.5 Å². The molecule has 0 amide bonds. The molecule has 1 aromatic heterocycles. The normalized spacial score (nSPS) is 27.0. The maximum atomic E-state index is 6.22. The average Bonchev–Trinajstić information content (AvgIpc) is 2.75. The molecule has 0 radical (unpaired) electrons. The predicted octanol–water partition coefficient (Wildman–Crippen LogP) is 4.91. The van der Waals surface area contributed by atoms with Gasteiger partial charge in [-0.2, -0.15) is 0 Å². The number of nitrogens with zero attached hydrogens (tertiary/aromatic N) is 1. The molecule has 2 N–H and O–H groups in total. The van der Waals surface area contributed by atoms with E-state index in [9.17, 15) is 0 Å². The van der Waals surface area contributed by atoms with Gasteiger partial charge in [-0.05, 0) is 44.4 Å². The molecule has 4 heteroatoms. The lowest BCUT2D eigenvalue weighted by molar-refractivity contribution is 0.0993. The van der Waals surface area contributed by atoms with E-state index in [-0.39, 0.29) is 5.54 Å². The summed E-state index contributed by atoms with van der Waals surface area (Å²) in [7, 11) is 2.24. The van der Waals surface area contributed by atoms with Crippen molar-refractivity contribution < 1.29 is 0 Å². The first-order valence-corrected chi connectivity index (χ1v) is 9.44. The number of rotatable bonds is 6. The second-order valence-electron chi connectivity index (χ2n) is 6.58. The van der Waals surface area contributed by atoms with Crippen LogP contribution in [0.25, 0.3) is 0 Å². The highest BCUT2D eigenvalue weighted by atomic mass is 35.5. The Bertz CT molecular complexity index is 434. The van der Waals surface area contributed by atoms with E-state index in [4.69, 9.17) is 17.3 Å². The van der Waals surface area contributed by atoms with E-state index in [1.165, 1.54) is 49.8 Å². The van der Waals surface area contributed by atoms with E-state index in [1.54, 1.807) is 11.3 Å². The highest BCUT2D eigenvalue weighted by molar-refractivity contribution is 7.16. The average molecular weight is 329 g/mol. The lowest BCUT2D eigenvalue weighted by Gasteiger charge is -2.41. The molecule has 0 spiro atoms. The van der Waals surface area contributed by atoms with E-state index >= 15 is 0 Å². The van der Waals surface area contributed by atoms with Crippen LogP contribution >= 0.6 is 22.9 Å². The van der Waals surface area contributed by atoms with Crippen molar-refractivity contribution in [2.24, 2.45) is 11.7 Å². The van der Waals surface area contributed by atoms with E-state index in [1.807, 2.05) is 6.07 Å². The maximum Gasteiger partial charge on any atom is 0.0931 e. The number of hydrogen-bond donors (Lipinski definition) is 1. The fourth-order valence-corrected chi connectivity index (χ4v) is 4.88. The Balaban J connectivity index is 2.02. The van der Waals surface area contributed by atoms with E-state index in [2.05, 4.69) is 24.9 Å². The first-order valence-electron chi connectivity index (χ1n) is 8.25. The summed E-state index contributed by atoms with van der Waals surface area (Å²) in [6.45, 7) is 4.03. The zero-order valence-electron chi connectivity index (χ0n) is 13.4. The molecule has 1 fully saturated rings. The van der Waals surface area contributed by atoms with Crippen LogP contribution < -0.4 is 5.73 Å². The van der Waals surface area contributed by atoms with Crippen LogP contribution in [-0.2, 0) is 6.54 Å². The summed E-state index contributed by atoms with van der Waals surface area (Å²) >= 11 is 7.74. The first kappa shape index (κ1) is 17.3. The minimum atomic E-state index is 0.180. The molecule has 21 heavy (non-hydrogen) atoms. The molecule has 2 unspecified atom stereocenters. The minimum absolute atomic E-state index is 0.180. The Labute approximate surface area is 138 Å². The van der Waals surface area contributed by atoms with Crippen molar-refractivity contribution in [3.63, 3.8) is 0 Å². The molecule has 0 saturated heterocycles. The molecular weight excluding hydrogens is 300 g/mol. The third-order valence-electron chi connectivity index (χ3n) is 5.18. The Hall–Kier alpha value is -0.0900. The van der Waals surface area contributed by atoms with Crippen LogP contribution in [0.3, 0.4) is 0 Å². The fraction of sp³-hybridized carbons (Fsp3) is 0.765. The summed E-state index contributed by atoms with van der Waals surface area (Å²) in [6, 6.07) is 4.14. The Morgan fingerprint density at radius 1 is 1.38 bits per heavy atom. The lowest BCUT2D eigenvalue weighted by Crippen LogP contribution is -2.51. The van der Waals surface area contributed by atoms with Crippen LogP contribution in [0.5, 0.6) is 0 Å². The van der Waals surface area contributed by atoms with Gasteiger partial charge in [-0.1, -0.05) is 44.2 Å². The van der Waals surface area contributed by atoms with Crippen molar-refractivity contribution in [2.45, 2.75) is 64.0 Å². The van der Waals surface area contributed by atoms with E-state index in [0.717, 1.165) is 23.3 Å². The molecule has 1 aliphatic carbocycles. The van der Waals surface area contributed by atoms with Gasteiger partial charge in [-0.15, -0.1) is 11.3 Å². The van der Waals surface area contributed by atoms with E-state index < -0.39 is 0 Å². The number of hydrogen-bond acceptors (Lipinski definition) is 3. The van der Waals surface area contributed by atoms with Crippen molar-refractivity contribution in [1.82, 2.24) is 4.90 Å². The molecule has 1 aliphatic rings. The van der Waals surface area contributed by atoms with Gasteiger partial charge in [-0.3, -0.25) is 4.90 Å². The van der Waals surface area contributed by atoms with Gasteiger partial charge < -0.3 is 5.73 Å². The summed E-state index contributed by atoms with van der Waals surface area (Å²) < 4.78 is 0.879. The maximum absolute atomic E-state index is 6.22. The Morgan fingerprint density at radius 2 is 2.19 bits per heavy atom. The number of thiophene rings is 1. The molecule has 0 aliphatic heterocycles. The summed E-state index contributed by atoms with van der Waals surface area (Å²) in [4.78, 5) is 3.83. The predicted molar refractivity (Wildman–Crippen MR) is 94.1 cm³/mol. The molecule has 0 bridgehead atoms. The summed E-state index contributed by atoms with van der Waals surface area (Å²) in [5.41, 5.74) is 6.40. The zero-order valence-corrected chi connectivity index (χ0v) is 15.0. The van der Waals surface area contributed by atoms with E-state index in [0.29, 0.717) is 0 Å². The Kier molecular flexibility index (Phi) is 6.54. The van der Waals surface area contributed by atoms with Crippen molar-refractivity contribution in [1.29, 1.82) is 0 Å². The molecule has 1 aromatic rings. The van der Waals surface area contributed by atoms with Crippen LogP contribution in [0.2, 0.25) is 4.34 Å². The molecule has 0 aromatic carbocycles. The fourth-order valence-electron chi connectivity index (χ4n) is 3.74. The van der Waals surface area contributed by atoms with Crippen LogP contribution in [0, 0.1) is 5.92 Å². The van der Waals surface area contributed by atoms with Gasteiger partial charge in [0.15, 0.2) is 0 Å². The molecular formula is C17H29ClN2S. The smallest absolute Gasteiger partial charge is 0.0931 e. The molecule has 1 saturated carbocycles. The number of halogens is 1. The SMILES string of the molecule is CCCC1CCCC(CN)(N(C)Cc2ccc(Cl)s2)CC1. The van der Waals surface area contributed by atoms with Crippen LogP contribution in [0.4, 0.5) is 0 Å². The van der Waals surface area contributed by atoms with Gasteiger partial charge >= 0.3 is 0 Å². The van der Waals surface area contributed by atoms with Gasteiger partial charge in [0.1, 0.15) is 0 Å². The largest absolute Gasteiger partial charge is 0.329 e. The minimum Gasteiger partial charge on any atom is -0.329 e. The second kappa shape index (κ2) is 7.96. The topological polar surface area (TPSA) is 29.3 Å². The highest BCUT2D eigenvalue weighted by Crippen LogP contribution is 2.36. The molecule has 2 nitrogen and oxygen atoms in total. The summed E-state index contributed by atoms with van der Waals surface area (Å²) in [5, 5.41) is 0. The standard InChI is InChI=1S/C17H29ClN2S/c1-3-5-14-6-4-10-17(13-19,11-9-14)20(2)12-15-7-8-16(18)21-15/h7-8,14H,3-6,9-13,19H2,1-2H3. The molecule has 2 rings (SSSR count).